The predicted molar refractivity (Wildman–Crippen MR) is 165 cm³/mol. The quantitative estimate of drug-likeness (QED) is 0.264. The molecule has 3 aliphatic heterocycles. The maximum atomic E-state index is 14.4. The van der Waals surface area contributed by atoms with Crippen LogP contribution in [-0.4, -0.2) is 84.6 Å². The fourth-order valence-electron chi connectivity index (χ4n) is 7.19. The van der Waals surface area contributed by atoms with Crippen molar-refractivity contribution in [3.63, 3.8) is 0 Å². The number of hydrogen-bond acceptors (Lipinski definition) is 8. The smallest absolute Gasteiger partial charge is 0.247 e. The van der Waals surface area contributed by atoms with Crippen LogP contribution in [0, 0.1) is 17.8 Å². The normalized spacial score (nSPS) is 28.0. The number of aliphatic hydroxyl groups is 1. The van der Waals surface area contributed by atoms with Gasteiger partial charge in [0.25, 0.3) is 0 Å². The van der Waals surface area contributed by atoms with Gasteiger partial charge in [0, 0.05) is 10.5 Å². The summed E-state index contributed by atoms with van der Waals surface area (Å²) in [5.41, 5.74) is 0.749. The van der Waals surface area contributed by atoms with Gasteiger partial charge >= 0.3 is 0 Å². The fraction of sp³-hybridized carbons (Fsp3) is 0.516. The molecular weight excluding hydrogens is 632 g/mol. The number of aromatic nitrogens is 3. The molecule has 3 N–H and O–H groups in total. The van der Waals surface area contributed by atoms with E-state index in [-0.39, 0.29) is 35.8 Å². The summed E-state index contributed by atoms with van der Waals surface area (Å²) in [6.45, 7) is 6.11. The number of alkyl halides is 1. The average Bonchev–Trinajstić information content (AvgIpc) is 3.72. The molecule has 3 fully saturated rings. The molecule has 0 radical (unpaired) electrons. The van der Waals surface area contributed by atoms with Crippen molar-refractivity contribution in [1.29, 1.82) is 0 Å². The van der Waals surface area contributed by atoms with Crippen LogP contribution in [0.25, 0.3) is 11.0 Å². The number of aliphatic hydroxyl groups excluding tert-OH is 1. The van der Waals surface area contributed by atoms with Gasteiger partial charge < -0.3 is 30.1 Å². The number of carbonyl (C=O) groups excluding carboxylic acids is 3. The van der Waals surface area contributed by atoms with Crippen LogP contribution in [0.15, 0.2) is 48.5 Å². The number of nitrogens with one attached hydrogen (secondary N) is 2. The minimum Gasteiger partial charge on any atom is -0.494 e. The second-order valence-corrected chi connectivity index (χ2v) is 13.3. The third-order valence-corrected chi connectivity index (χ3v) is 9.73. The monoisotopic (exact) mass is 668 g/mol. The van der Waals surface area contributed by atoms with Crippen molar-refractivity contribution in [2.75, 3.05) is 18.5 Å². The van der Waals surface area contributed by atoms with Gasteiger partial charge in [-0.05, 0) is 62.1 Å². The number of likely N-dealkylation sites (tertiary alicyclic amines) is 1. The lowest BCUT2D eigenvalue weighted by Crippen LogP contribution is -2.58. The highest BCUT2D eigenvalue weighted by Gasteiger charge is 2.77. The van der Waals surface area contributed by atoms with Gasteiger partial charge in [0.1, 0.15) is 29.6 Å². The number of hydrogen-bond donors (Lipinski definition) is 3. The Morgan fingerprint density at radius 3 is 2.64 bits per heavy atom. The molecule has 1 aromatic heterocycles. The van der Waals surface area contributed by atoms with E-state index in [9.17, 15) is 19.5 Å². The first-order chi connectivity index (χ1) is 21.2. The summed E-state index contributed by atoms with van der Waals surface area (Å²) in [6, 6.07) is 12.8. The molecule has 0 saturated carbocycles. The standard InChI is InChI=1S/C31H37BrN6O6/c1-4-43-20-11-9-18(10-12-20)34-28(40)24-25-30(42)38(19(15-39)13-17(2)3)27(31(25)14-21(32)26(24)44-31)29(41)33-16-37-23-8-6-5-7-22(23)35-36-37/h5-12,17,19,21,24-27,39H,4,13-16H2,1-3H3,(H,33,41)(H,34,40)/t19-,21?,24+,25+,26+,27?,31?/m1/s1. The van der Waals surface area contributed by atoms with Gasteiger partial charge in [-0.2, -0.15) is 0 Å². The number of amides is 3. The highest BCUT2D eigenvalue weighted by atomic mass is 79.9. The molecule has 234 valence electrons. The first kappa shape index (κ1) is 30.5. The zero-order chi connectivity index (χ0) is 31.2. The fourth-order valence-corrected chi connectivity index (χ4v) is 8.13. The third-order valence-electron chi connectivity index (χ3n) is 8.88. The summed E-state index contributed by atoms with van der Waals surface area (Å²) in [6.07, 6.45) is 0.231. The summed E-state index contributed by atoms with van der Waals surface area (Å²) in [4.78, 5) is 43.6. The molecule has 3 amide bonds. The van der Waals surface area contributed by atoms with Crippen LogP contribution in [0.4, 0.5) is 5.69 Å². The SMILES string of the molecule is CCOc1ccc(NC(=O)[C@H]2[C@H]3C(=O)N([C@@H](CO)CC(C)C)C(C(=O)NCn4nnc5ccccc54)C34CC(Br)[C@@H]2O4)cc1. The van der Waals surface area contributed by atoms with Gasteiger partial charge in [0.05, 0.1) is 42.7 Å². The van der Waals surface area contributed by atoms with E-state index in [2.05, 4.69) is 36.9 Å². The molecule has 3 unspecified atom stereocenters. The number of anilines is 1. The van der Waals surface area contributed by atoms with Crippen LogP contribution in [0.2, 0.25) is 0 Å². The van der Waals surface area contributed by atoms with E-state index in [0.29, 0.717) is 36.4 Å². The molecule has 3 aliphatic rings. The first-order valence-corrected chi connectivity index (χ1v) is 15.9. The molecule has 6 rings (SSSR count). The minimum atomic E-state index is -1.25. The highest BCUT2D eigenvalue weighted by Crippen LogP contribution is 2.60. The van der Waals surface area contributed by atoms with Crippen molar-refractivity contribution in [2.24, 2.45) is 17.8 Å². The summed E-state index contributed by atoms with van der Waals surface area (Å²) in [5.74, 6) is -2.06. The molecule has 1 spiro atoms. The Bertz CT molecular complexity index is 1550. The van der Waals surface area contributed by atoms with Gasteiger partial charge in [0.15, 0.2) is 0 Å². The number of benzene rings is 2. The van der Waals surface area contributed by atoms with Crippen molar-refractivity contribution in [3.05, 3.63) is 48.5 Å². The Kier molecular flexibility index (Phi) is 8.38. The van der Waals surface area contributed by atoms with Gasteiger partial charge in [0.2, 0.25) is 17.7 Å². The number of nitrogens with zero attached hydrogens (tertiary/aromatic N) is 4. The van der Waals surface area contributed by atoms with Crippen LogP contribution in [-0.2, 0) is 25.8 Å². The van der Waals surface area contributed by atoms with Crippen LogP contribution >= 0.6 is 15.9 Å². The van der Waals surface area contributed by atoms with Crippen LogP contribution < -0.4 is 15.4 Å². The Hall–Kier alpha value is -3.55. The summed E-state index contributed by atoms with van der Waals surface area (Å²) in [5, 5.41) is 24.7. The molecule has 13 heteroatoms. The van der Waals surface area contributed by atoms with E-state index in [4.69, 9.17) is 9.47 Å². The molecule has 3 aromatic rings. The largest absolute Gasteiger partial charge is 0.494 e. The number of fused-ring (bicyclic) bond motifs is 2. The van der Waals surface area contributed by atoms with Crippen LogP contribution in [0.3, 0.4) is 0 Å². The Balaban J connectivity index is 1.31. The molecule has 2 aromatic carbocycles. The minimum absolute atomic E-state index is 0.0232. The Morgan fingerprint density at radius 1 is 1.18 bits per heavy atom. The lowest BCUT2D eigenvalue weighted by molar-refractivity contribution is -0.145. The first-order valence-electron chi connectivity index (χ1n) is 15.0. The van der Waals surface area contributed by atoms with E-state index in [1.165, 1.54) is 4.90 Å². The second-order valence-electron chi connectivity index (χ2n) is 12.1. The predicted octanol–water partition coefficient (Wildman–Crippen LogP) is 2.70. The maximum absolute atomic E-state index is 14.4. The molecular formula is C31H37BrN6O6. The highest BCUT2D eigenvalue weighted by molar-refractivity contribution is 9.09. The third kappa shape index (κ3) is 5.14. The maximum Gasteiger partial charge on any atom is 0.247 e. The number of para-hydroxylation sites is 1. The van der Waals surface area contributed by atoms with E-state index < -0.39 is 41.5 Å². The van der Waals surface area contributed by atoms with E-state index in [1.807, 2.05) is 45.0 Å². The Labute approximate surface area is 263 Å². The van der Waals surface area contributed by atoms with Crippen LogP contribution in [0.5, 0.6) is 5.75 Å². The van der Waals surface area contributed by atoms with Crippen molar-refractivity contribution >= 4 is 50.4 Å². The van der Waals surface area contributed by atoms with E-state index >= 15 is 0 Å². The lowest BCUT2D eigenvalue weighted by atomic mass is 9.70. The van der Waals surface area contributed by atoms with Gasteiger partial charge in [-0.3, -0.25) is 14.4 Å². The van der Waals surface area contributed by atoms with Gasteiger partial charge in [-0.15, -0.1) is 5.10 Å². The number of ether oxygens (including phenoxy) is 2. The van der Waals surface area contributed by atoms with Gasteiger partial charge in [-0.25, -0.2) is 4.68 Å². The summed E-state index contributed by atoms with van der Waals surface area (Å²) >= 11 is 3.70. The van der Waals surface area contributed by atoms with Crippen molar-refractivity contribution in [1.82, 2.24) is 25.2 Å². The topological polar surface area (TPSA) is 148 Å². The number of carbonyl (C=O) groups is 3. The average molecular weight is 670 g/mol. The molecule has 2 bridgehead atoms. The Morgan fingerprint density at radius 2 is 1.93 bits per heavy atom. The molecule has 3 saturated heterocycles. The molecule has 0 aliphatic carbocycles. The van der Waals surface area contributed by atoms with Crippen molar-refractivity contribution in [2.45, 2.75) is 68.9 Å². The van der Waals surface area contributed by atoms with E-state index in [1.54, 1.807) is 28.9 Å². The summed E-state index contributed by atoms with van der Waals surface area (Å²) < 4.78 is 13.7. The van der Waals surface area contributed by atoms with Crippen molar-refractivity contribution < 1.29 is 29.0 Å². The molecule has 7 atom stereocenters. The van der Waals surface area contributed by atoms with Crippen LogP contribution in [0.1, 0.15) is 33.6 Å². The molecule has 12 nitrogen and oxygen atoms in total. The lowest BCUT2D eigenvalue weighted by Gasteiger charge is -2.37. The second kappa shape index (κ2) is 12.1. The molecule has 44 heavy (non-hydrogen) atoms. The zero-order valence-corrected chi connectivity index (χ0v) is 26.4. The van der Waals surface area contributed by atoms with Gasteiger partial charge in [-0.1, -0.05) is 47.1 Å². The zero-order valence-electron chi connectivity index (χ0n) is 24.9. The van der Waals surface area contributed by atoms with E-state index in [0.717, 1.165) is 5.52 Å². The van der Waals surface area contributed by atoms with Crippen molar-refractivity contribution in [3.8, 4) is 5.75 Å². The molecule has 4 heterocycles. The summed E-state index contributed by atoms with van der Waals surface area (Å²) in [7, 11) is 0. The number of halogens is 1. The number of rotatable bonds is 11.